The summed E-state index contributed by atoms with van der Waals surface area (Å²) in [5, 5.41) is 0. The Hall–Kier alpha value is -1.09. The van der Waals surface area contributed by atoms with Gasteiger partial charge in [-0.25, -0.2) is 4.98 Å². The van der Waals surface area contributed by atoms with Crippen molar-refractivity contribution in [2.75, 3.05) is 6.61 Å². The smallest absolute Gasteiger partial charge is 0.213 e. The minimum absolute atomic E-state index is 0.0263. The number of ether oxygens (including phenoxy) is 1. The van der Waals surface area contributed by atoms with E-state index < -0.39 is 0 Å². The zero-order chi connectivity index (χ0) is 12.0. The Kier molecular flexibility index (Phi) is 5.26. The molecule has 2 N–H and O–H groups in total. The van der Waals surface area contributed by atoms with Gasteiger partial charge in [0.05, 0.1) is 6.61 Å². The van der Waals surface area contributed by atoms with Crippen LogP contribution in [0.4, 0.5) is 0 Å². The topological polar surface area (TPSA) is 48.1 Å². The summed E-state index contributed by atoms with van der Waals surface area (Å²) < 4.78 is 5.64. The van der Waals surface area contributed by atoms with Crippen molar-refractivity contribution < 1.29 is 4.74 Å². The lowest BCUT2D eigenvalue weighted by molar-refractivity contribution is 0.243. The van der Waals surface area contributed by atoms with Gasteiger partial charge in [0.25, 0.3) is 0 Å². The molecule has 0 spiro atoms. The molecule has 0 aliphatic carbocycles. The van der Waals surface area contributed by atoms with Crippen LogP contribution in [0.15, 0.2) is 18.3 Å². The fourth-order valence-electron chi connectivity index (χ4n) is 1.59. The maximum Gasteiger partial charge on any atom is 0.213 e. The van der Waals surface area contributed by atoms with Gasteiger partial charge in [-0.15, -0.1) is 0 Å². The molecule has 3 heteroatoms. The van der Waals surface area contributed by atoms with Gasteiger partial charge in [-0.3, -0.25) is 0 Å². The SMILES string of the molecule is CCCC(C)COc1cc([C@@H](C)N)ccn1. The minimum Gasteiger partial charge on any atom is -0.477 e. The van der Waals surface area contributed by atoms with E-state index in [1.807, 2.05) is 19.1 Å². The number of pyridine rings is 1. The molecule has 1 aromatic heterocycles. The number of hydrogen-bond acceptors (Lipinski definition) is 3. The highest BCUT2D eigenvalue weighted by molar-refractivity contribution is 5.22. The monoisotopic (exact) mass is 222 g/mol. The fraction of sp³-hybridized carbons (Fsp3) is 0.615. The predicted octanol–water partition coefficient (Wildman–Crippen LogP) is 2.92. The molecule has 0 fully saturated rings. The van der Waals surface area contributed by atoms with E-state index in [1.54, 1.807) is 6.20 Å². The summed E-state index contributed by atoms with van der Waals surface area (Å²) in [6.45, 7) is 7.06. The third kappa shape index (κ3) is 4.19. The van der Waals surface area contributed by atoms with Crippen molar-refractivity contribution >= 4 is 0 Å². The second kappa shape index (κ2) is 6.48. The van der Waals surface area contributed by atoms with Crippen molar-refractivity contribution in [3.05, 3.63) is 23.9 Å². The number of nitrogens with two attached hydrogens (primary N) is 1. The molecule has 0 amide bonds. The molecule has 1 rings (SSSR count). The average molecular weight is 222 g/mol. The first kappa shape index (κ1) is 13.0. The molecule has 1 aromatic rings. The van der Waals surface area contributed by atoms with E-state index in [9.17, 15) is 0 Å². The molecule has 0 bridgehead atoms. The van der Waals surface area contributed by atoms with Crippen molar-refractivity contribution in [3.63, 3.8) is 0 Å². The third-order valence-corrected chi connectivity index (χ3v) is 2.58. The molecule has 0 aromatic carbocycles. The van der Waals surface area contributed by atoms with Crippen LogP contribution in [0.1, 0.15) is 45.2 Å². The second-order valence-corrected chi connectivity index (χ2v) is 4.42. The van der Waals surface area contributed by atoms with E-state index in [0.29, 0.717) is 11.8 Å². The summed E-state index contributed by atoms with van der Waals surface area (Å²) in [4.78, 5) is 4.18. The van der Waals surface area contributed by atoms with Crippen LogP contribution in [0.3, 0.4) is 0 Å². The van der Waals surface area contributed by atoms with Gasteiger partial charge in [-0.1, -0.05) is 20.3 Å². The molecule has 0 saturated heterocycles. The Morgan fingerprint density at radius 2 is 2.19 bits per heavy atom. The number of aromatic nitrogens is 1. The van der Waals surface area contributed by atoms with Crippen LogP contribution in [0.25, 0.3) is 0 Å². The van der Waals surface area contributed by atoms with E-state index in [2.05, 4.69) is 18.8 Å². The molecule has 0 radical (unpaired) electrons. The molecule has 0 aliphatic rings. The van der Waals surface area contributed by atoms with Crippen LogP contribution in [-0.2, 0) is 0 Å². The van der Waals surface area contributed by atoms with Crippen molar-refractivity contribution in [2.24, 2.45) is 11.7 Å². The molecule has 3 nitrogen and oxygen atoms in total. The summed E-state index contributed by atoms with van der Waals surface area (Å²) in [6, 6.07) is 3.87. The van der Waals surface area contributed by atoms with Crippen LogP contribution in [0, 0.1) is 5.92 Å². The highest BCUT2D eigenvalue weighted by Gasteiger charge is 2.05. The lowest BCUT2D eigenvalue weighted by atomic mass is 10.1. The summed E-state index contributed by atoms with van der Waals surface area (Å²) in [6.07, 6.45) is 4.13. The van der Waals surface area contributed by atoms with Crippen LogP contribution in [-0.4, -0.2) is 11.6 Å². The molecule has 1 heterocycles. The van der Waals surface area contributed by atoms with Crippen LogP contribution >= 0.6 is 0 Å². The molecular weight excluding hydrogens is 200 g/mol. The highest BCUT2D eigenvalue weighted by Crippen LogP contribution is 2.16. The summed E-state index contributed by atoms with van der Waals surface area (Å²) in [5.74, 6) is 1.25. The van der Waals surface area contributed by atoms with Gasteiger partial charge in [-0.05, 0) is 30.9 Å². The second-order valence-electron chi connectivity index (χ2n) is 4.42. The summed E-state index contributed by atoms with van der Waals surface area (Å²) in [5.41, 5.74) is 6.87. The normalized spacial score (nSPS) is 14.5. The standard InChI is InChI=1S/C13H22N2O/c1-4-5-10(2)9-16-13-8-12(11(3)14)6-7-15-13/h6-8,10-11H,4-5,9,14H2,1-3H3/t10?,11-/m1/s1. The van der Waals surface area contributed by atoms with Gasteiger partial charge in [0.1, 0.15) is 0 Å². The van der Waals surface area contributed by atoms with E-state index >= 15 is 0 Å². The van der Waals surface area contributed by atoms with E-state index in [-0.39, 0.29) is 6.04 Å². The Morgan fingerprint density at radius 3 is 2.81 bits per heavy atom. The van der Waals surface area contributed by atoms with E-state index in [4.69, 9.17) is 10.5 Å². The van der Waals surface area contributed by atoms with Crippen molar-refractivity contribution in [2.45, 2.75) is 39.7 Å². The summed E-state index contributed by atoms with van der Waals surface area (Å²) in [7, 11) is 0. The van der Waals surface area contributed by atoms with Gasteiger partial charge in [-0.2, -0.15) is 0 Å². The Balaban J connectivity index is 2.50. The molecule has 0 aliphatic heterocycles. The zero-order valence-electron chi connectivity index (χ0n) is 10.4. The van der Waals surface area contributed by atoms with Crippen molar-refractivity contribution in [1.82, 2.24) is 4.98 Å². The maximum atomic E-state index is 5.80. The zero-order valence-corrected chi connectivity index (χ0v) is 10.4. The Labute approximate surface area is 98.0 Å². The molecule has 2 atom stereocenters. The average Bonchev–Trinajstić information content (AvgIpc) is 2.27. The lowest BCUT2D eigenvalue weighted by Gasteiger charge is -2.12. The van der Waals surface area contributed by atoms with E-state index in [1.165, 1.54) is 12.8 Å². The predicted molar refractivity (Wildman–Crippen MR) is 66.4 cm³/mol. The molecule has 90 valence electrons. The first-order valence-electron chi connectivity index (χ1n) is 5.97. The van der Waals surface area contributed by atoms with Crippen LogP contribution < -0.4 is 10.5 Å². The number of rotatable bonds is 6. The summed E-state index contributed by atoms with van der Waals surface area (Å²) >= 11 is 0. The third-order valence-electron chi connectivity index (χ3n) is 2.58. The molecule has 1 unspecified atom stereocenters. The van der Waals surface area contributed by atoms with Crippen LogP contribution in [0.5, 0.6) is 5.88 Å². The maximum absolute atomic E-state index is 5.80. The largest absolute Gasteiger partial charge is 0.477 e. The van der Waals surface area contributed by atoms with E-state index in [0.717, 1.165) is 12.2 Å². The van der Waals surface area contributed by atoms with Gasteiger partial charge in [0.15, 0.2) is 0 Å². The Morgan fingerprint density at radius 1 is 1.44 bits per heavy atom. The minimum atomic E-state index is 0.0263. The number of hydrogen-bond donors (Lipinski definition) is 1. The highest BCUT2D eigenvalue weighted by atomic mass is 16.5. The first-order valence-corrected chi connectivity index (χ1v) is 5.97. The van der Waals surface area contributed by atoms with Gasteiger partial charge < -0.3 is 10.5 Å². The van der Waals surface area contributed by atoms with Crippen molar-refractivity contribution in [1.29, 1.82) is 0 Å². The van der Waals surface area contributed by atoms with Crippen LogP contribution in [0.2, 0.25) is 0 Å². The number of nitrogens with zero attached hydrogens (tertiary/aromatic N) is 1. The first-order chi connectivity index (χ1) is 7.63. The fourth-order valence-corrected chi connectivity index (χ4v) is 1.59. The molecule has 16 heavy (non-hydrogen) atoms. The van der Waals surface area contributed by atoms with Gasteiger partial charge >= 0.3 is 0 Å². The molecule has 0 saturated carbocycles. The van der Waals surface area contributed by atoms with Gasteiger partial charge in [0.2, 0.25) is 5.88 Å². The molecular formula is C13H22N2O. The Bertz CT molecular complexity index is 313. The lowest BCUT2D eigenvalue weighted by Crippen LogP contribution is -2.10. The van der Waals surface area contributed by atoms with Crippen molar-refractivity contribution in [3.8, 4) is 5.88 Å². The quantitative estimate of drug-likeness (QED) is 0.805. The van der Waals surface area contributed by atoms with Gasteiger partial charge in [0, 0.05) is 18.3 Å².